The number of nitrogens with zero attached hydrogens (tertiary/aromatic N) is 1. The zero-order chi connectivity index (χ0) is 11.1. The van der Waals surface area contributed by atoms with Crippen LogP contribution in [0, 0.1) is 16.7 Å². The van der Waals surface area contributed by atoms with Gasteiger partial charge in [-0.05, 0) is 37.5 Å². The van der Waals surface area contributed by atoms with Crippen molar-refractivity contribution in [3.05, 3.63) is 39.9 Å². The van der Waals surface area contributed by atoms with E-state index in [4.69, 9.17) is 11.6 Å². The maximum atomic E-state index is 9.19. The maximum Gasteiger partial charge on any atom is 0.0795 e. The van der Waals surface area contributed by atoms with E-state index < -0.39 is 0 Å². The van der Waals surface area contributed by atoms with Gasteiger partial charge in [0, 0.05) is 5.02 Å². The molecule has 76 valence electrons. The lowest BCUT2D eigenvalue weighted by Crippen LogP contribution is -2.22. The summed E-state index contributed by atoms with van der Waals surface area (Å²) in [7, 11) is 0. The molecule has 0 radical (unpaired) electrons. The first-order chi connectivity index (χ1) is 7.07. The molecule has 0 saturated heterocycles. The Hall–Kier alpha value is -1.26. The van der Waals surface area contributed by atoms with Crippen molar-refractivity contribution in [2.24, 2.45) is 5.41 Å². The van der Waals surface area contributed by atoms with Crippen LogP contribution in [0.3, 0.4) is 0 Å². The Bertz CT molecular complexity index is 482. The highest BCUT2D eigenvalue weighted by molar-refractivity contribution is 6.32. The van der Waals surface area contributed by atoms with Gasteiger partial charge in [0.15, 0.2) is 0 Å². The van der Waals surface area contributed by atoms with Gasteiger partial charge in [0.2, 0.25) is 0 Å². The van der Waals surface area contributed by atoms with Crippen LogP contribution in [0.15, 0.2) is 23.8 Å². The van der Waals surface area contributed by atoms with Crippen LogP contribution in [0.1, 0.15) is 25.0 Å². The highest BCUT2D eigenvalue weighted by Crippen LogP contribution is 2.39. The summed E-state index contributed by atoms with van der Waals surface area (Å²) in [6.07, 6.45) is 2.78. The third kappa shape index (κ3) is 1.56. The second kappa shape index (κ2) is 3.40. The van der Waals surface area contributed by atoms with Crippen molar-refractivity contribution in [3.8, 4) is 6.07 Å². The molecule has 1 aliphatic rings. The van der Waals surface area contributed by atoms with Crippen LogP contribution < -0.4 is 0 Å². The highest BCUT2D eigenvalue weighted by atomic mass is 35.5. The first-order valence-corrected chi connectivity index (χ1v) is 5.32. The largest absolute Gasteiger partial charge is 0.197 e. The molecule has 0 spiro atoms. The summed E-state index contributed by atoms with van der Waals surface area (Å²) in [6.45, 7) is 3.97. The smallest absolute Gasteiger partial charge is 0.0795 e. The van der Waals surface area contributed by atoms with E-state index in [0.29, 0.717) is 0 Å². The lowest BCUT2D eigenvalue weighted by atomic mass is 9.73. The van der Waals surface area contributed by atoms with Gasteiger partial charge in [0.05, 0.1) is 11.5 Å². The fraction of sp³-hybridized carbons (Fsp3) is 0.308. The molecule has 0 aliphatic heterocycles. The average Bonchev–Trinajstić information content (AvgIpc) is 2.21. The molecule has 1 aliphatic carbocycles. The number of hydrogen-bond acceptors (Lipinski definition) is 1. The van der Waals surface area contributed by atoms with E-state index >= 15 is 0 Å². The van der Waals surface area contributed by atoms with Gasteiger partial charge >= 0.3 is 0 Å². The number of fused-ring (bicyclic) bond motifs is 1. The lowest BCUT2D eigenvalue weighted by Gasteiger charge is -2.28. The minimum absolute atomic E-state index is 0.377. The van der Waals surface area contributed by atoms with Crippen molar-refractivity contribution >= 4 is 17.7 Å². The molecule has 1 aromatic rings. The van der Waals surface area contributed by atoms with Crippen molar-refractivity contribution in [3.63, 3.8) is 0 Å². The predicted molar refractivity (Wildman–Crippen MR) is 62.5 cm³/mol. The maximum absolute atomic E-state index is 9.19. The average molecular weight is 218 g/mol. The summed E-state index contributed by atoms with van der Waals surface area (Å²) < 4.78 is 0. The fourth-order valence-corrected chi connectivity index (χ4v) is 2.17. The molecule has 0 amide bonds. The van der Waals surface area contributed by atoms with E-state index in [9.17, 15) is 5.26 Å². The van der Waals surface area contributed by atoms with Crippen molar-refractivity contribution in [2.45, 2.75) is 20.3 Å². The molecule has 1 unspecified atom stereocenters. The molecule has 0 saturated carbocycles. The standard InChI is InChI=1S/C13H12ClN/c1-9-6-11-10(4-3-5-12(11)14)7-13(9,2)8-15/h3-6H,7H2,1-2H3. The fourth-order valence-electron chi connectivity index (χ4n) is 1.92. The van der Waals surface area contributed by atoms with Gasteiger partial charge in [-0.3, -0.25) is 0 Å². The molecule has 0 fully saturated rings. The summed E-state index contributed by atoms with van der Waals surface area (Å²) >= 11 is 6.12. The van der Waals surface area contributed by atoms with Crippen LogP contribution in [-0.2, 0) is 6.42 Å². The summed E-state index contributed by atoms with van der Waals surface area (Å²) in [6, 6.07) is 8.25. The van der Waals surface area contributed by atoms with Crippen molar-refractivity contribution in [2.75, 3.05) is 0 Å². The number of allylic oxidation sites excluding steroid dienone is 1. The topological polar surface area (TPSA) is 23.8 Å². The van der Waals surface area contributed by atoms with Crippen molar-refractivity contribution in [1.29, 1.82) is 5.26 Å². The van der Waals surface area contributed by atoms with Crippen molar-refractivity contribution < 1.29 is 0 Å². The van der Waals surface area contributed by atoms with Gasteiger partial charge < -0.3 is 0 Å². The number of nitriles is 1. The number of benzene rings is 1. The van der Waals surface area contributed by atoms with Crippen LogP contribution in [0.25, 0.3) is 6.08 Å². The predicted octanol–water partition coefficient (Wildman–Crippen LogP) is 3.83. The van der Waals surface area contributed by atoms with Gasteiger partial charge in [-0.1, -0.05) is 35.4 Å². The third-order valence-corrected chi connectivity index (χ3v) is 3.49. The molecule has 2 rings (SSSR count). The summed E-state index contributed by atoms with van der Waals surface area (Å²) in [5.74, 6) is 0. The molecular formula is C13H12ClN. The monoisotopic (exact) mass is 217 g/mol. The number of hydrogen-bond donors (Lipinski definition) is 0. The van der Waals surface area contributed by atoms with E-state index in [1.54, 1.807) is 0 Å². The van der Waals surface area contributed by atoms with Crippen LogP contribution in [0.4, 0.5) is 0 Å². The summed E-state index contributed by atoms with van der Waals surface area (Å²) in [5, 5.41) is 9.96. The summed E-state index contributed by atoms with van der Waals surface area (Å²) in [4.78, 5) is 0. The Morgan fingerprint density at radius 1 is 1.47 bits per heavy atom. The number of rotatable bonds is 0. The lowest BCUT2D eigenvalue weighted by molar-refractivity contribution is 0.523. The second-order valence-electron chi connectivity index (χ2n) is 4.26. The SMILES string of the molecule is CC1=Cc2c(Cl)cccc2CC1(C)C#N. The molecule has 1 atom stereocenters. The van der Waals surface area contributed by atoms with Gasteiger partial charge in [0.25, 0.3) is 0 Å². The quantitative estimate of drug-likeness (QED) is 0.648. The van der Waals surface area contributed by atoms with Gasteiger partial charge in [-0.2, -0.15) is 5.26 Å². The molecule has 15 heavy (non-hydrogen) atoms. The zero-order valence-corrected chi connectivity index (χ0v) is 9.60. The Morgan fingerprint density at radius 2 is 2.20 bits per heavy atom. The van der Waals surface area contributed by atoms with Gasteiger partial charge in [-0.15, -0.1) is 0 Å². The van der Waals surface area contributed by atoms with E-state index in [1.165, 1.54) is 0 Å². The minimum atomic E-state index is -0.377. The Balaban J connectivity index is 2.61. The zero-order valence-electron chi connectivity index (χ0n) is 8.84. The second-order valence-corrected chi connectivity index (χ2v) is 4.67. The molecular weight excluding hydrogens is 206 g/mol. The third-order valence-electron chi connectivity index (χ3n) is 3.17. The Morgan fingerprint density at radius 3 is 2.87 bits per heavy atom. The Kier molecular flexibility index (Phi) is 2.32. The minimum Gasteiger partial charge on any atom is -0.197 e. The molecule has 1 aromatic carbocycles. The molecule has 0 bridgehead atoms. The molecule has 1 nitrogen and oxygen atoms in total. The first kappa shape index (κ1) is 10.3. The Labute approximate surface area is 95.0 Å². The number of halogens is 1. The van der Waals surface area contributed by atoms with Crippen LogP contribution in [-0.4, -0.2) is 0 Å². The first-order valence-electron chi connectivity index (χ1n) is 4.94. The molecule has 0 N–H and O–H groups in total. The van der Waals surface area contributed by atoms with Crippen LogP contribution >= 0.6 is 11.6 Å². The van der Waals surface area contributed by atoms with E-state index in [1.807, 2.05) is 38.1 Å². The van der Waals surface area contributed by atoms with Crippen LogP contribution in [0.5, 0.6) is 0 Å². The van der Waals surface area contributed by atoms with E-state index in [-0.39, 0.29) is 5.41 Å². The summed E-state index contributed by atoms with van der Waals surface area (Å²) in [5.41, 5.74) is 2.95. The molecule has 0 heterocycles. The van der Waals surface area contributed by atoms with E-state index in [2.05, 4.69) is 6.07 Å². The van der Waals surface area contributed by atoms with E-state index in [0.717, 1.165) is 28.1 Å². The highest BCUT2D eigenvalue weighted by Gasteiger charge is 2.31. The van der Waals surface area contributed by atoms with Gasteiger partial charge in [-0.25, -0.2) is 0 Å². The van der Waals surface area contributed by atoms with Gasteiger partial charge in [0.1, 0.15) is 0 Å². The normalized spacial score (nSPS) is 24.0. The molecule has 2 heteroatoms. The van der Waals surface area contributed by atoms with Crippen LogP contribution in [0.2, 0.25) is 5.02 Å². The van der Waals surface area contributed by atoms with Crippen molar-refractivity contribution in [1.82, 2.24) is 0 Å². The molecule has 0 aromatic heterocycles.